The average molecular weight is 287 g/mol. The number of hydrogen-bond donors (Lipinski definition) is 0. The zero-order valence-corrected chi connectivity index (χ0v) is 12.3. The SMILES string of the molecule is CN1C2CCC1CC(OC(=O)C1COc3ccccc31)C2. The van der Waals surface area contributed by atoms with Crippen molar-refractivity contribution >= 4 is 5.97 Å². The minimum absolute atomic E-state index is 0.0824. The number of piperidine rings is 1. The van der Waals surface area contributed by atoms with Crippen molar-refractivity contribution in [3.8, 4) is 5.75 Å². The Hall–Kier alpha value is -1.55. The van der Waals surface area contributed by atoms with Crippen molar-refractivity contribution in [1.82, 2.24) is 4.90 Å². The molecule has 3 heterocycles. The van der Waals surface area contributed by atoms with Gasteiger partial charge >= 0.3 is 5.97 Å². The summed E-state index contributed by atoms with van der Waals surface area (Å²) in [6.07, 6.45) is 4.52. The van der Waals surface area contributed by atoms with E-state index >= 15 is 0 Å². The zero-order valence-electron chi connectivity index (χ0n) is 12.3. The molecule has 21 heavy (non-hydrogen) atoms. The van der Waals surface area contributed by atoms with E-state index in [2.05, 4.69) is 11.9 Å². The lowest BCUT2D eigenvalue weighted by molar-refractivity contribution is -0.154. The third-order valence-corrected chi connectivity index (χ3v) is 5.32. The Labute approximate surface area is 125 Å². The van der Waals surface area contributed by atoms with Gasteiger partial charge in [0.25, 0.3) is 0 Å². The van der Waals surface area contributed by atoms with E-state index in [-0.39, 0.29) is 18.0 Å². The van der Waals surface area contributed by atoms with Gasteiger partial charge in [0.05, 0.1) is 0 Å². The highest BCUT2D eigenvalue weighted by Gasteiger charge is 2.41. The molecular weight excluding hydrogens is 266 g/mol. The van der Waals surface area contributed by atoms with Gasteiger partial charge in [-0.2, -0.15) is 0 Å². The summed E-state index contributed by atoms with van der Waals surface area (Å²) in [5.41, 5.74) is 0.971. The quantitative estimate of drug-likeness (QED) is 0.783. The van der Waals surface area contributed by atoms with Gasteiger partial charge in [0.1, 0.15) is 24.4 Å². The maximum Gasteiger partial charge on any atom is 0.317 e. The van der Waals surface area contributed by atoms with Gasteiger partial charge in [0.2, 0.25) is 0 Å². The first kappa shape index (κ1) is 13.1. The second-order valence-electron chi connectivity index (χ2n) is 6.48. The summed E-state index contributed by atoms with van der Waals surface area (Å²) in [7, 11) is 2.20. The van der Waals surface area contributed by atoms with Crippen LogP contribution in [0.1, 0.15) is 37.2 Å². The minimum atomic E-state index is -0.251. The van der Waals surface area contributed by atoms with E-state index in [1.807, 2.05) is 24.3 Å². The number of nitrogens with zero attached hydrogens (tertiary/aromatic N) is 1. The lowest BCUT2D eigenvalue weighted by Crippen LogP contribution is -2.43. The van der Waals surface area contributed by atoms with Crippen LogP contribution in [-0.2, 0) is 9.53 Å². The highest BCUT2D eigenvalue weighted by molar-refractivity contribution is 5.80. The van der Waals surface area contributed by atoms with E-state index in [0.717, 1.165) is 24.2 Å². The van der Waals surface area contributed by atoms with E-state index in [1.165, 1.54) is 12.8 Å². The molecule has 1 aromatic carbocycles. The predicted octanol–water partition coefficient (Wildman–Crippen LogP) is 2.33. The Morgan fingerprint density at radius 1 is 1.24 bits per heavy atom. The first-order chi connectivity index (χ1) is 10.2. The number of hydrogen-bond acceptors (Lipinski definition) is 4. The molecule has 3 aliphatic rings. The minimum Gasteiger partial charge on any atom is -0.492 e. The molecule has 4 nitrogen and oxygen atoms in total. The third kappa shape index (κ3) is 2.22. The number of carbonyl (C=O) groups is 1. The summed E-state index contributed by atoms with van der Waals surface area (Å²) < 4.78 is 11.4. The first-order valence-corrected chi connectivity index (χ1v) is 7.86. The molecule has 0 aromatic heterocycles. The highest BCUT2D eigenvalue weighted by atomic mass is 16.5. The molecule has 112 valence electrons. The van der Waals surface area contributed by atoms with E-state index < -0.39 is 0 Å². The Morgan fingerprint density at radius 2 is 1.95 bits per heavy atom. The van der Waals surface area contributed by atoms with Gasteiger partial charge in [0.15, 0.2) is 0 Å². The second kappa shape index (κ2) is 5.02. The fourth-order valence-corrected chi connectivity index (χ4v) is 4.06. The Morgan fingerprint density at radius 3 is 2.71 bits per heavy atom. The molecule has 2 fully saturated rings. The lowest BCUT2D eigenvalue weighted by atomic mass is 9.99. The van der Waals surface area contributed by atoms with Crippen molar-refractivity contribution in [2.75, 3.05) is 13.7 Å². The first-order valence-electron chi connectivity index (χ1n) is 7.86. The maximum atomic E-state index is 12.5. The maximum absolute atomic E-state index is 12.5. The number of rotatable bonds is 2. The molecule has 4 rings (SSSR count). The average Bonchev–Trinajstić information content (AvgIpc) is 2.98. The van der Waals surface area contributed by atoms with Crippen LogP contribution in [0.3, 0.4) is 0 Å². The third-order valence-electron chi connectivity index (χ3n) is 5.32. The summed E-state index contributed by atoms with van der Waals surface area (Å²) in [5.74, 6) is 0.454. The van der Waals surface area contributed by atoms with Crippen LogP contribution >= 0.6 is 0 Å². The molecule has 0 aliphatic carbocycles. The fraction of sp³-hybridized carbons (Fsp3) is 0.588. The van der Waals surface area contributed by atoms with Crippen molar-refractivity contribution in [2.24, 2.45) is 0 Å². The van der Waals surface area contributed by atoms with Crippen LogP contribution in [0.5, 0.6) is 5.75 Å². The highest BCUT2D eigenvalue weighted by Crippen LogP contribution is 2.38. The lowest BCUT2D eigenvalue weighted by Gasteiger charge is -2.36. The molecule has 3 atom stereocenters. The van der Waals surface area contributed by atoms with Crippen LogP contribution in [0, 0.1) is 0 Å². The summed E-state index contributed by atoms with van der Waals surface area (Å²) >= 11 is 0. The van der Waals surface area contributed by atoms with Crippen LogP contribution in [0.25, 0.3) is 0 Å². The topological polar surface area (TPSA) is 38.8 Å². The molecule has 3 aliphatic heterocycles. The van der Waals surface area contributed by atoms with Gasteiger partial charge in [0, 0.05) is 17.6 Å². The Bertz CT molecular complexity index is 545. The van der Waals surface area contributed by atoms with Gasteiger partial charge in [-0.15, -0.1) is 0 Å². The van der Waals surface area contributed by atoms with Crippen LogP contribution in [0.15, 0.2) is 24.3 Å². The normalized spacial score (nSPS) is 34.3. The molecule has 2 bridgehead atoms. The van der Waals surface area contributed by atoms with Crippen LogP contribution in [-0.4, -0.2) is 42.7 Å². The summed E-state index contributed by atoms with van der Waals surface area (Å²) in [4.78, 5) is 14.9. The second-order valence-corrected chi connectivity index (χ2v) is 6.48. The zero-order chi connectivity index (χ0) is 14.4. The summed E-state index contributed by atoms with van der Waals surface area (Å²) in [6.45, 7) is 0.414. The molecule has 0 radical (unpaired) electrons. The number of ether oxygens (including phenoxy) is 2. The largest absolute Gasteiger partial charge is 0.492 e. The summed E-state index contributed by atoms with van der Waals surface area (Å²) in [5, 5.41) is 0. The van der Waals surface area contributed by atoms with Crippen LogP contribution in [0.4, 0.5) is 0 Å². The molecule has 4 heteroatoms. The number of carbonyl (C=O) groups excluding carboxylic acids is 1. The van der Waals surface area contributed by atoms with Crippen molar-refractivity contribution in [3.63, 3.8) is 0 Å². The fourth-order valence-electron chi connectivity index (χ4n) is 4.06. The van der Waals surface area contributed by atoms with E-state index in [4.69, 9.17) is 9.47 Å². The molecular formula is C17H21NO3. The van der Waals surface area contributed by atoms with Crippen molar-refractivity contribution in [1.29, 1.82) is 0 Å². The Balaban J connectivity index is 1.43. The van der Waals surface area contributed by atoms with Gasteiger partial charge < -0.3 is 14.4 Å². The van der Waals surface area contributed by atoms with Crippen molar-refractivity contribution < 1.29 is 14.3 Å². The van der Waals surface area contributed by atoms with E-state index in [9.17, 15) is 4.79 Å². The van der Waals surface area contributed by atoms with Gasteiger partial charge in [-0.1, -0.05) is 18.2 Å². The molecule has 0 spiro atoms. The molecule has 0 saturated carbocycles. The molecule has 3 unspecified atom stereocenters. The van der Waals surface area contributed by atoms with Gasteiger partial charge in [-0.3, -0.25) is 4.79 Å². The van der Waals surface area contributed by atoms with Crippen LogP contribution < -0.4 is 4.74 Å². The van der Waals surface area contributed by atoms with Crippen LogP contribution in [0.2, 0.25) is 0 Å². The smallest absolute Gasteiger partial charge is 0.317 e. The number of para-hydroxylation sites is 1. The number of fused-ring (bicyclic) bond motifs is 3. The standard InChI is InChI=1S/C17H21NO3/c1-18-11-6-7-12(18)9-13(8-11)21-17(19)15-10-20-16-5-3-2-4-14(15)16/h2-5,11-13,15H,6-10H2,1H3. The van der Waals surface area contributed by atoms with Crippen molar-refractivity contribution in [2.45, 2.75) is 49.8 Å². The monoisotopic (exact) mass is 287 g/mol. The Kier molecular flexibility index (Phi) is 3.14. The molecule has 2 saturated heterocycles. The van der Waals surface area contributed by atoms with E-state index in [1.54, 1.807) is 0 Å². The molecule has 0 amide bonds. The number of esters is 1. The van der Waals surface area contributed by atoms with Gasteiger partial charge in [-0.05, 0) is 38.8 Å². The van der Waals surface area contributed by atoms with Crippen molar-refractivity contribution in [3.05, 3.63) is 29.8 Å². The molecule has 1 aromatic rings. The van der Waals surface area contributed by atoms with Gasteiger partial charge in [-0.25, -0.2) is 0 Å². The number of benzene rings is 1. The molecule has 0 N–H and O–H groups in total. The van der Waals surface area contributed by atoms with E-state index in [0.29, 0.717) is 18.7 Å². The summed E-state index contributed by atoms with van der Waals surface area (Å²) in [6, 6.07) is 8.94. The predicted molar refractivity (Wildman–Crippen MR) is 78.4 cm³/mol.